The van der Waals surface area contributed by atoms with Gasteiger partial charge < -0.3 is 10.0 Å². The molecule has 1 N–H and O–H groups in total. The Bertz CT molecular complexity index is 474. The van der Waals surface area contributed by atoms with Gasteiger partial charge in [-0.15, -0.1) is 0 Å². The van der Waals surface area contributed by atoms with E-state index in [9.17, 15) is 14.3 Å². The fourth-order valence-electron chi connectivity index (χ4n) is 2.33. The zero-order valence-electron chi connectivity index (χ0n) is 10.6. The van der Waals surface area contributed by atoms with Crippen molar-refractivity contribution in [2.24, 2.45) is 5.92 Å². The molecule has 1 unspecified atom stereocenters. The lowest BCUT2D eigenvalue weighted by Gasteiger charge is -2.33. The molecule has 0 bridgehead atoms. The molecule has 1 aromatic heterocycles. The van der Waals surface area contributed by atoms with Gasteiger partial charge in [0.1, 0.15) is 11.0 Å². The van der Waals surface area contributed by atoms with Crippen LogP contribution in [0.5, 0.6) is 0 Å². The summed E-state index contributed by atoms with van der Waals surface area (Å²) in [6.45, 7) is 2.85. The largest absolute Gasteiger partial charge is 0.393 e. The Morgan fingerprint density at radius 1 is 1.58 bits per heavy atom. The number of pyridine rings is 1. The number of rotatable bonds is 2. The maximum absolute atomic E-state index is 13.1. The van der Waals surface area contributed by atoms with E-state index < -0.39 is 5.82 Å². The summed E-state index contributed by atoms with van der Waals surface area (Å²) in [6, 6.07) is 1.11. The molecule has 4 nitrogen and oxygen atoms in total. The number of aromatic nitrogens is 1. The Morgan fingerprint density at radius 2 is 2.21 bits per heavy atom. The molecule has 1 saturated heterocycles. The summed E-state index contributed by atoms with van der Waals surface area (Å²) < 4.78 is 13.1. The molecule has 1 fully saturated rings. The van der Waals surface area contributed by atoms with Crippen LogP contribution in [0.4, 0.5) is 4.39 Å². The molecule has 1 atom stereocenters. The third kappa shape index (κ3) is 3.22. The number of nitrogens with zero attached hydrogens (tertiary/aromatic N) is 2. The van der Waals surface area contributed by atoms with Crippen LogP contribution in [0.2, 0.25) is 5.15 Å². The number of hydrogen-bond donors (Lipinski definition) is 1. The number of carbonyl (C=O) groups excluding carboxylic acids is 1. The highest BCUT2D eigenvalue weighted by molar-refractivity contribution is 6.32. The van der Waals surface area contributed by atoms with Gasteiger partial charge >= 0.3 is 0 Å². The van der Waals surface area contributed by atoms with Gasteiger partial charge in [-0.25, -0.2) is 9.37 Å². The van der Waals surface area contributed by atoms with Crippen molar-refractivity contribution in [1.82, 2.24) is 9.88 Å². The second-order valence-corrected chi connectivity index (χ2v) is 5.22. The Morgan fingerprint density at radius 3 is 2.79 bits per heavy atom. The minimum Gasteiger partial charge on any atom is -0.393 e. The predicted molar refractivity (Wildman–Crippen MR) is 69.5 cm³/mol. The van der Waals surface area contributed by atoms with Crippen LogP contribution in [-0.4, -0.2) is 40.1 Å². The second-order valence-electron chi connectivity index (χ2n) is 4.86. The summed E-state index contributed by atoms with van der Waals surface area (Å²) in [5.41, 5.74) is 0.0946. The molecule has 2 rings (SSSR count). The van der Waals surface area contributed by atoms with E-state index in [4.69, 9.17) is 11.6 Å². The van der Waals surface area contributed by atoms with Gasteiger partial charge in [0.15, 0.2) is 0 Å². The fraction of sp³-hybridized carbons (Fsp3) is 0.538. The zero-order chi connectivity index (χ0) is 14.0. The van der Waals surface area contributed by atoms with Crippen LogP contribution < -0.4 is 0 Å². The molecule has 0 radical (unpaired) electrons. The summed E-state index contributed by atoms with van der Waals surface area (Å²) in [4.78, 5) is 17.5. The highest BCUT2D eigenvalue weighted by Gasteiger charge is 2.27. The molecule has 104 valence electrons. The molecule has 1 aromatic rings. The SMILES string of the molecule is CC(O)C1CCN(C(=O)c2cc(F)cnc2Cl)CC1. The van der Waals surface area contributed by atoms with Crippen molar-refractivity contribution < 1.29 is 14.3 Å². The molecular formula is C13H16ClFN2O2. The Kier molecular flexibility index (Phi) is 4.37. The second kappa shape index (κ2) is 5.84. The van der Waals surface area contributed by atoms with Crippen molar-refractivity contribution in [2.45, 2.75) is 25.9 Å². The van der Waals surface area contributed by atoms with Crippen molar-refractivity contribution in [3.05, 3.63) is 28.8 Å². The first kappa shape index (κ1) is 14.2. The number of carbonyl (C=O) groups is 1. The quantitative estimate of drug-likeness (QED) is 0.847. The Balaban J connectivity index is 2.07. The highest BCUT2D eigenvalue weighted by atomic mass is 35.5. The van der Waals surface area contributed by atoms with Crippen molar-refractivity contribution in [3.63, 3.8) is 0 Å². The monoisotopic (exact) mass is 286 g/mol. The van der Waals surface area contributed by atoms with E-state index in [2.05, 4.69) is 4.98 Å². The first-order chi connectivity index (χ1) is 8.99. The van der Waals surface area contributed by atoms with Crippen LogP contribution in [-0.2, 0) is 0 Å². The maximum Gasteiger partial charge on any atom is 0.257 e. The third-order valence-electron chi connectivity index (χ3n) is 3.55. The van der Waals surface area contributed by atoms with Crippen LogP contribution in [0, 0.1) is 11.7 Å². The number of aliphatic hydroxyl groups is 1. The Hall–Kier alpha value is -1.20. The molecule has 0 aromatic carbocycles. The lowest BCUT2D eigenvalue weighted by Crippen LogP contribution is -2.40. The van der Waals surface area contributed by atoms with Crippen molar-refractivity contribution in [3.8, 4) is 0 Å². The zero-order valence-corrected chi connectivity index (χ0v) is 11.4. The lowest BCUT2D eigenvalue weighted by atomic mass is 9.92. The van der Waals surface area contributed by atoms with Crippen LogP contribution in [0.25, 0.3) is 0 Å². The summed E-state index contributed by atoms with van der Waals surface area (Å²) in [7, 11) is 0. The third-order valence-corrected chi connectivity index (χ3v) is 3.85. The molecule has 0 saturated carbocycles. The summed E-state index contributed by atoms with van der Waals surface area (Å²) >= 11 is 5.82. The normalized spacial score (nSPS) is 18.4. The van der Waals surface area contributed by atoms with E-state index in [0.29, 0.717) is 13.1 Å². The highest BCUT2D eigenvalue weighted by Crippen LogP contribution is 2.23. The molecule has 0 aliphatic carbocycles. The molecule has 2 heterocycles. The van der Waals surface area contributed by atoms with Gasteiger partial charge in [0.2, 0.25) is 0 Å². The molecule has 0 spiro atoms. The van der Waals surface area contributed by atoms with E-state index in [1.165, 1.54) is 0 Å². The van der Waals surface area contributed by atoms with E-state index in [1.807, 2.05) is 0 Å². The first-order valence-corrected chi connectivity index (χ1v) is 6.65. The lowest BCUT2D eigenvalue weighted by molar-refractivity contribution is 0.0521. The van der Waals surface area contributed by atoms with Crippen LogP contribution >= 0.6 is 11.6 Å². The summed E-state index contributed by atoms with van der Waals surface area (Å²) in [5.74, 6) is -0.669. The van der Waals surface area contributed by atoms with Crippen LogP contribution in [0.3, 0.4) is 0 Å². The van der Waals surface area contributed by atoms with Crippen molar-refractivity contribution in [1.29, 1.82) is 0 Å². The number of amides is 1. The van der Waals surface area contributed by atoms with Gasteiger partial charge in [0.05, 0.1) is 17.9 Å². The van der Waals surface area contributed by atoms with Gasteiger partial charge in [-0.3, -0.25) is 4.79 Å². The van der Waals surface area contributed by atoms with Crippen LogP contribution in [0.15, 0.2) is 12.3 Å². The van der Waals surface area contributed by atoms with E-state index >= 15 is 0 Å². The number of piperidine rings is 1. The van der Waals surface area contributed by atoms with Crippen molar-refractivity contribution >= 4 is 17.5 Å². The van der Waals surface area contributed by atoms with Gasteiger partial charge in [-0.2, -0.15) is 0 Å². The molecule has 1 aliphatic rings. The van der Waals surface area contributed by atoms with Crippen LogP contribution in [0.1, 0.15) is 30.1 Å². The average molecular weight is 287 g/mol. The number of likely N-dealkylation sites (tertiary alicyclic amines) is 1. The van der Waals surface area contributed by atoms with Crippen molar-refractivity contribution in [2.75, 3.05) is 13.1 Å². The summed E-state index contributed by atoms with van der Waals surface area (Å²) in [5, 5.41) is 9.53. The average Bonchev–Trinajstić information content (AvgIpc) is 2.41. The molecule has 6 heteroatoms. The van der Waals surface area contributed by atoms with E-state index in [-0.39, 0.29) is 28.6 Å². The van der Waals surface area contributed by atoms with E-state index in [0.717, 1.165) is 25.1 Å². The maximum atomic E-state index is 13.1. The van der Waals surface area contributed by atoms with Gasteiger partial charge in [-0.05, 0) is 31.7 Å². The fourth-order valence-corrected chi connectivity index (χ4v) is 2.51. The number of halogens is 2. The topological polar surface area (TPSA) is 53.4 Å². The molecular weight excluding hydrogens is 271 g/mol. The Labute approximate surface area is 116 Å². The predicted octanol–water partition coefficient (Wildman–Crippen LogP) is 2.11. The van der Waals surface area contributed by atoms with Gasteiger partial charge in [0, 0.05) is 13.1 Å². The minimum atomic E-state index is -0.577. The van der Waals surface area contributed by atoms with Gasteiger partial charge in [-0.1, -0.05) is 11.6 Å². The number of aliphatic hydroxyl groups excluding tert-OH is 1. The molecule has 1 amide bonds. The summed E-state index contributed by atoms with van der Waals surface area (Å²) in [6.07, 6.45) is 2.10. The standard InChI is InChI=1S/C13H16ClFN2O2/c1-8(18)9-2-4-17(5-3-9)13(19)11-6-10(15)7-16-12(11)14/h6-9,18H,2-5H2,1H3. The van der Waals surface area contributed by atoms with E-state index in [1.54, 1.807) is 11.8 Å². The van der Waals surface area contributed by atoms with Gasteiger partial charge in [0.25, 0.3) is 5.91 Å². The smallest absolute Gasteiger partial charge is 0.257 e. The minimum absolute atomic E-state index is 0.0176. The first-order valence-electron chi connectivity index (χ1n) is 6.27. The molecule has 19 heavy (non-hydrogen) atoms. The molecule has 1 aliphatic heterocycles. The number of hydrogen-bond acceptors (Lipinski definition) is 3.